The summed E-state index contributed by atoms with van der Waals surface area (Å²) in [6.07, 6.45) is 2.19. The summed E-state index contributed by atoms with van der Waals surface area (Å²) in [5, 5.41) is 13.2. The fourth-order valence-corrected chi connectivity index (χ4v) is 2.59. The van der Waals surface area contributed by atoms with E-state index in [0.717, 1.165) is 24.8 Å². The maximum absolute atomic E-state index is 11.2. The van der Waals surface area contributed by atoms with E-state index in [1.165, 1.54) is 0 Å². The summed E-state index contributed by atoms with van der Waals surface area (Å²) >= 11 is 0. The van der Waals surface area contributed by atoms with Crippen molar-refractivity contribution in [2.75, 3.05) is 11.9 Å². The van der Waals surface area contributed by atoms with Gasteiger partial charge in [-0.25, -0.2) is 14.8 Å². The summed E-state index contributed by atoms with van der Waals surface area (Å²) in [6.45, 7) is 2.80. The van der Waals surface area contributed by atoms with Crippen molar-refractivity contribution >= 4 is 22.7 Å². The fourth-order valence-electron chi connectivity index (χ4n) is 2.59. The Morgan fingerprint density at radius 1 is 1.43 bits per heavy atom. The number of hydrogen-bond donors (Lipinski definition) is 2. The SMILES string of the molecule is CC(Nc1nc(C(=O)O)nc2ccccc12)C1CCCO1. The summed E-state index contributed by atoms with van der Waals surface area (Å²) in [4.78, 5) is 19.4. The highest BCUT2D eigenvalue weighted by atomic mass is 16.5. The lowest BCUT2D eigenvalue weighted by molar-refractivity contribution is 0.0684. The van der Waals surface area contributed by atoms with E-state index < -0.39 is 5.97 Å². The Kier molecular flexibility index (Phi) is 3.70. The minimum Gasteiger partial charge on any atom is -0.475 e. The topological polar surface area (TPSA) is 84.3 Å². The number of nitrogens with zero attached hydrogens (tertiary/aromatic N) is 2. The maximum atomic E-state index is 11.2. The highest BCUT2D eigenvalue weighted by Gasteiger charge is 2.23. The third-order valence-corrected chi connectivity index (χ3v) is 3.68. The third kappa shape index (κ3) is 2.80. The van der Waals surface area contributed by atoms with Crippen LogP contribution in [0.1, 0.15) is 30.4 Å². The van der Waals surface area contributed by atoms with Crippen molar-refractivity contribution in [1.29, 1.82) is 0 Å². The van der Waals surface area contributed by atoms with Crippen LogP contribution in [0.5, 0.6) is 0 Å². The third-order valence-electron chi connectivity index (χ3n) is 3.68. The van der Waals surface area contributed by atoms with E-state index in [1.807, 2.05) is 25.1 Å². The molecule has 0 radical (unpaired) electrons. The van der Waals surface area contributed by atoms with Crippen LogP contribution in [-0.2, 0) is 4.74 Å². The molecular weight excluding hydrogens is 270 g/mol. The molecule has 110 valence electrons. The molecule has 1 saturated heterocycles. The van der Waals surface area contributed by atoms with E-state index in [2.05, 4.69) is 15.3 Å². The molecule has 0 saturated carbocycles. The summed E-state index contributed by atoms with van der Waals surface area (Å²) in [7, 11) is 0. The van der Waals surface area contributed by atoms with Crippen molar-refractivity contribution in [3.8, 4) is 0 Å². The van der Waals surface area contributed by atoms with Gasteiger partial charge in [0.15, 0.2) is 0 Å². The van der Waals surface area contributed by atoms with Crippen molar-refractivity contribution in [2.45, 2.75) is 31.9 Å². The Labute approximate surface area is 122 Å². The van der Waals surface area contributed by atoms with Crippen LogP contribution in [0.25, 0.3) is 10.9 Å². The molecule has 0 spiro atoms. The minimum absolute atomic E-state index is 0.0625. The second-order valence-corrected chi connectivity index (χ2v) is 5.20. The van der Waals surface area contributed by atoms with Crippen LogP contribution < -0.4 is 5.32 Å². The molecule has 1 aromatic carbocycles. The Morgan fingerprint density at radius 2 is 2.24 bits per heavy atom. The van der Waals surface area contributed by atoms with Gasteiger partial charge in [-0.05, 0) is 31.9 Å². The first-order valence-corrected chi connectivity index (χ1v) is 7.03. The van der Waals surface area contributed by atoms with Gasteiger partial charge in [0, 0.05) is 12.0 Å². The molecular formula is C15H17N3O3. The van der Waals surface area contributed by atoms with Gasteiger partial charge in [-0.3, -0.25) is 0 Å². The van der Waals surface area contributed by atoms with Crippen LogP contribution in [0, 0.1) is 0 Å². The van der Waals surface area contributed by atoms with Gasteiger partial charge in [0.25, 0.3) is 0 Å². The van der Waals surface area contributed by atoms with Gasteiger partial charge in [0.05, 0.1) is 17.7 Å². The van der Waals surface area contributed by atoms with Gasteiger partial charge in [-0.15, -0.1) is 0 Å². The zero-order valence-electron chi connectivity index (χ0n) is 11.7. The zero-order chi connectivity index (χ0) is 14.8. The number of para-hydroxylation sites is 1. The van der Waals surface area contributed by atoms with Crippen LogP contribution in [0.15, 0.2) is 24.3 Å². The van der Waals surface area contributed by atoms with Crippen LogP contribution in [-0.4, -0.2) is 39.8 Å². The number of ether oxygens (including phenoxy) is 1. The van der Waals surface area contributed by atoms with Gasteiger partial charge in [-0.1, -0.05) is 12.1 Å². The quantitative estimate of drug-likeness (QED) is 0.897. The number of benzene rings is 1. The molecule has 1 fully saturated rings. The lowest BCUT2D eigenvalue weighted by Gasteiger charge is -2.21. The van der Waals surface area contributed by atoms with Crippen molar-refractivity contribution in [2.24, 2.45) is 0 Å². The van der Waals surface area contributed by atoms with Crippen LogP contribution in [0.4, 0.5) is 5.82 Å². The average Bonchev–Trinajstić information content (AvgIpc) is 3.01. The number of carboxylic acids is 1. The van der Waals surface area contributed by atoms with E-state index in [0.29, 0.717) is 11.3 Å². The molecule has 0 bridgehead atoms. The largest absolute Gasteiger partial charge is 0.475 e. The fraction of sp³-hybridized carbons (Fsp3) is 0.400. The lowest BCUT2D eigenvalue weighted by atomic mass is 10.1. The van der Waals surface area contributed by atoms with Gasteiger partial charge >= 0.3 is 5.97 Å². The van der Waals surface area contributed by atoms with Gasteiger partial charge in [0.2, 0.25) is 5.82 Å². The first-order valence-electron chi connectivity index (χ1n) is 7.03. The molecule has 2 unspecified atom stereocenters. The van der Waals surface area contributed by atoms with Crippen LogP contribution >= 0.6 is 0 Å². The van der Waals surface area contributed by atoms with Gasteiger partial charge < -0.3 is 15.2 Å². The molecule has 2 heterocycles. The molecule has 3 rings (SSSR count). The van der Waals surface area contributed by atoms with Gasteiger partial charge in [-0.2, -0.15) is 0 Å². The maximum Gasteiger partial charge on any atom is 0.374 e. The molecule has 1 aliphatic rings. The van der Waals surface area contributed by atoms with E-state index in [1.54, 1.807) is 6.07 Å². The summed E-state index contributed by atoms with van der Waals surface area (Å²) < 4.78 is 5.65. The summed E-state index contributed by atoms with van der Waals surface area (Å²) in [6, 6.07) is 7.44. The van der Waals surface area contributed by atoms with Crippen LogP contribution in [0.2, 0.25) is 0 Å². The first kappa shape index (κ1) is 13.8. The second kappa shape index (κ2) is 5.65. The molecule has 2 atom stereocenters. The molecule has 1 aromatic heterocycles. The Balaban J connectivity index is 1.97. The van der Waals surface area contributed by atoms with Gasteiger partial charge in [0.1, 0.15) is 5.82 Å². The van der Waals surface area contributed by atoms with Crippen molar-refractivity contribution in [3.05, 3.63) is 30.1 Å². The number of carbonyl (C=O) groups is 1. The van der Waals surface area contributed by atoms with Crippen molar-refractivity contribution < 1.29 is 14.6 Å². The zero-order valence-corrected chi connectivity index (χ0v) is 11.7. The molecule has 0 amide bonds. The van der Waals surface area contributed by atoms with Crippen molar-refractivity contribution in [3.63, 3.8) is 0 Å². The van der Waals surface area contributed by atoms with E-state index in [4.69, 9.17) is 9.84 Å². The summed E-state index contributed by atoms with van der Waals surface area (Å²) in [5.41, 5.74) is 0.618. The monoisotopic (exact) mass is 287 g/mol. The molecule has 2 aromatic rings. The highest BCUT2D eigenvalue weighted by molar-refractivity contribution is 5.93. The Bertz CT molecular complexity index is 668. The van der Waals surface area contributed by atoms with E-state index in [-0.39, 0.29) is 18.0 Å². The molecule has 21 heavy (non-hydrogen) atoms. The number of fused-ring (bicyclic) bond motifs is 1. The molecule has 6 heteroatoms. The molecule has 1 aliphatic heterocycles. The standard InChI is InChI=1S/C15H17N3O3/c1-9(12-7-4-8-21-12)16-13-10-5-2-3-6-11(10)17-14(18-13)15(19)20/h2-3,5-6,9,12H,4,7-8H2,1H3,(H,19,20)(H,16,17,18). The normalized spacial score (nSPS) is 19.6. The molecule has 2 N–H and O–H groups in total. The van der Waals surface area contributed by atoms with Crippen molar-refractivity contribution in [1.82, 2.24) is 9.97 Å². The van der Waals surface area contributed by atoms with E-state index in [9.17, 15) is 4.79 Å². The predicted molar refractivity (Wildman–Crippen MR) is 78.6 cm³/mol. The van der Waals surface area contributed by atoms with Crippen LogP contribution in [0.3, 0.4) is 0 Å². The van der Waals surface area contributed by atoms with E-state index >= 15 is 0 Å². The lowest BCUT2D eigenvalue weighted by Crippen LogP contribution is -2.30. The number of carboxylic acid groups (broad SMARTS) is 1. The number of anilines is 1. The number of nitrogens with one attached hydrogen (secondary N) is 1. The summed E-state index contributed by atoms with van der Waals surface area (Å²) in [5.74, 6) is -0.787. The molecule has 0 aliphatic carbocycles. The Morgan fingerprint density at radius 3 is 2.95 bits per heavy atom. The number of hydrogen-bond acceptors (Lipinski definition) is 5. The average molecular weight is 287 g/mol. The Hall–Kier alpha value is -2.21. The number of rotatable bonds is 4. The second-order valence-electron chi connectivity index (χ2n) is 5.20. The number of aromatic carboxylic acids is 1. The first-order chi connectivity index (χ1) is 10.1. The predicted octanol–water partition coefficient (Wildman–Crippen LogP) is 2.31. The smallest absolute Gasteiger partial charge is 0.374 e. The molecule has 6 nitrogen and oxygen atoms in total. The number of aromatic nitrogens is 2. The highest BCUT2D eigenvalue weighted by Crippen LogP contribution is 2.23. The minimum atomic E-state index is -1.13.